The van der Waals surface area contributed by atoms with Gasteiger partial charge in [-0.2, -0.15) is 0 Å². The number of carbonyl (C=O) groups is 3. The Morgan fingerprint density at radius 2 is 1.95 bits per heavy atom. The fourth-order valence-electron chi connectivity index (χ4n) is 1.15. The van der Waals surface area contributed by atoms with Crippen molar-refractivity contribution in [3.05, 3.63) is 33.8 Å². The molecule has 0 radical (unpaired) electrons. The van der Waals surface area contributed by atoms with Gasteiger partial charge in [-0.15, -0.1) is 0 Å². The van der Waals surface area contributed by atoms with Crippen molar-refractivity contribution in [1.82, 2.24) is 5.32 Å². The highest BCUT2D eigenvalue weighted by atomic mass is 35.5. The summed E-state index contributed by atoms with van der Waals surface area (Å²) in [4.78, 5) is 33.6. The second-order valence-electron chi connectivity index (χ2n) is 3.53. The summed E-state index contributed by atoms with van der Waals surface area (Å²) in [6, 6.07) is 3.21. The van der Waals surface area contributed by atoms with Gasteiger partial charge in [-0.05, 0) is 25.1 Å². The summed E-state index contributed by atoms with van der Waals surface area (Å²) in [6.07, 6.45) is -1.20. The lowest BCUT2D eigenvalue weighted by atomic mass is 10.2. The van der Waals surface area contributed by atoms with Gasteiger partial charge in [0.2, 0.25) is 0 Å². The smallest absolute Gasteiger partial charge is 0.340 e. The maximum atomic E-state index is 11.8. The van der Waals surface area contributed by atoms with Crippen LogP contribution >= 0.6 is 23.2 Å². The van der Waals surface area contributed by atoms with Crippen LogP contribution in [0.3, 0.4) is 0 Å². The molecule has 8 heteroatoms. The van der Waals surface area contributed by atoms with Gasteiger partial charge in [0.15, 0.2) is 6.10 Å². The van der Waals surface area contributed by atoms with E-state index in [2.05, 4.69) is 0 Å². The van der Waals surface area contributed by atoms with E-state index in [4.69, 9.17) is 33.7 Å². The van der Waals surface area contributed by atoms with Crippen LogP contribution in [0.4, 0.5) is 4.79 Å². The zero-order chi connectivity index (χ0) is 14.6. The number of amides is 3. The molecule has 0 aliphatic carbocycles. The number of carbonyl (C=O) groups excluding carboxylic acids is 3. The molecule has 0 bridgehead atoms. The van der Waals surface area contributed by atoms with Gasteiger partial charge in [0.25, 0.3) is 5.91 Å². The molecule has 0 aromatic heterocycles. The summed E-state index contributed by atoms with van der Waals surface area (Å²) >= 11 is 11.5. The molecular weight excluding hydrogens is 295 g/mol. The lowest BCUT2D eigenvalue weighted by Gasteiger charge is -2.12. The Hall–Kier alpha value is -1.79. The Morgan fingerprint density at radius 3 is 2.53 bits per heavy atom. The van der Waals surface area contributed by atoms with Crippen molar-refractivity contribution >= 4 is 41.1 Å². The third-order valence-corrected chi connectivity index (χ3v) is 2.61. The Kier molecular flexibility index (Phi) is 5.14. The molecule has 1 aromatic carbocycles. The van der Waals surface area contributed by atoms with Gasteiger partial charge in [-0.25, -0.2) is 9.59 Å². The Bertz CT molecular complexity index is 533. The summed E-state index contributed by atoms with van der Waals surface area (Å²) in [6.45, 7) is 1.29. The minimum Gasteiger partial charge on any atom is -0.449 e. The van der Waals surface area contributed by atoms with Gasteiger partial charge < -0.3 is 10.5 Å². The molecule has 0 saturated heterocycles. The minimum absolute atomic E-state index is 0.0212. The lowest BCUT2D eigenvalue weighted by Crippen LogP contribution is -2.42. The molecule has 3 N–H and O–H groups in total. The van der Waals surface area contributed by atoms with E-state index in [0.29, 0.717) is 5.02 Å². The number of urea groups is 1. The molecule has 19 heavy (non-hydrogen) atoms. The number of benzene rings is 1. The summed E-state index contributed by atoms with van der Waals surface area (Å²) in [5.74, 6) is -1.67. The van der Waals surface area contributed by atoms with E-state index in [-0.39, 0.29) is 10.6 Å². The van der Waals surface area contributed by atoms with E-state index in [1.54, 1.807) is 5.32 Å². The topological polar surface area (TPSA) is 98.5 Å². The van der Waals surface area contributed by atoms with Gasteiger partial charge in [-0.3, -0.25) is 10.1 Å². The number of hydrogen-bond acceptors (Lipinski definition) is 4. The first kappa shape index (κ1) is 15.3. The number of ether oxygens (including phenoxy) is 1. The van der Waals surface area contributed by atoms with Gasteiger partial charge >= 0.3 is 12.0 Å². The molecule has 1 atom stereocenters. The molecule has 0 aliphatic heterocycles. The van der Waals surface area contributed by atoms with Crippen molar-refractivity contribution in [3.63, 3.8) is 0 Å². The maximum Gasteiger partial charge on any atom is 0.340 e. The SMILES string of the molecule is C[C@@H](OC(=O)c1cc(Cl)ccc1Cl)C(=O)NC(N)=O. The van der Waals surface area contributed by atoms with Crippen LogP contribution < -0.4 is 11.1 Å². The summed E-state index contributed by atoms with van der Waals surface area (Å²) in [5, 5.41) is 2.22. The summed E-state index contributed by atoms with van der Waals surface area (Å²) < 4.78 is 4.83. The van der Waals surface area contributed by atoms with E-state index in [9.17, 15) is 14.4 Å². The van der Waals surface area contributed by atoms with Crippen LogP contribution in [0.15, 0.2) is 18.2 Å². The van der Waals surface area contributed by atoms with Gasteiger partial charge in [-0.1, -0.05) is 23.2 Å². The zero-order valence-corrected chi connectivity index (χ0v) is 11.3. The third-order valence-electron chi connectivity index (χ3n) is 2.05. The van der Waals surface area contributed by atoms with Crippen LogP contribution in [0.2, 0.25) is 10.0 Å². The molecule has 1 rings (SSSR count). The molecule has 0 heterocycles. The second kappa shape index (κ2) is 6.40. The van der Waals surface area contributed by atoms with Crippen LogP contribution in [-0.4, -0.2) is 24.0 Å². The number of nitrogens with one attached hydrogen (secondary N) is 1. The largest absolute Gasteiger partial charge is 0.449 e. The Labute approximate surface area is 118 Å². The normalized spacial score (nSPS) is 11.5. The molecule has 3 amide bonds. The van der Waals surface area contributed by atoms with Crippen molar-refractivity contribution in [2.24, 2.45) is 5.73 Å². The lowest BCUT2D eigenvalue weighted by molar-refractivity contribution is -0.127. The molecule has 1 aromatic rings. The van der Waals surface area contributed by atoms with E-state index < -0.39 is 24.0 Å². The van der Waals surface area contributed by atoms with Gasteiger partial charge in [0.05, 0.1) is 10.6 Å². The van der Waals surface area contributed by atoms with Gasteiger partial charge in [0, 0.05) is 5.02 Å². The maximum absolute atomic E-state index is 11.8. The summed E-state index contributed by atoms with van der Waals surface area (Å²) in [7, 11) is 0. The molecule has 0 aliphatic rings. The van der Waals surface area contributed by atoms with Crippen LogP contribution in [0.5, 0.6) is 0 Å². The number of esters is 1. The fraction of sp³-hybridized carbons (Fsp3) is 0.182. The van der Waals surface area contributed by atoms with Crippen LogP contribution in [0, 0.1) is 0 Å². The van der Waals surface area contributed by atoms with Crippen LogP contribution in [-0.2, 0) is 9.53 Å². The molecule has 0 fully saturated rings. The number of rotatable bonds is 3. The molecule has 102 valence electrons. The number of primary amides is 1. The van der Waals surface area contributed by atoms with Crippen molar-refractivity contribution in [1.29, 1.82) is 0 Å². The molecule has 0 unspecified atom stereocenters. The van der Waals surface area contributed by atoms with Crippen molar-refractivity contribution in [2.45, 2.75) is 13.0 Å². The van der Waals surface area contributed by atoms with Crippen LogP contribution in [0.1, 0.15) is 17.3 Å². The van der Waals surface area contributed by atoms with Gasteiger partial charge in [0.1, 0.15) is 0 Å². The summed E-state index contributed by atoms with van der Waals surface area (Å²) in [5.41, 5.74) is 4.79. The van der Waals surface area contributed by atoms with Crippen molar-refractivity contribution in [3.8, 4) is 0 Å². The molecule has 6 nitrogen and oxygen atoms in total. The second-order valence-corrected chi connectivity index (χ2v) is 4.37. The minimum atomic E-state index is -1.20. The number of halogens is 2. The van der Waals surface area contributed by atoms with E-state index in [1.807, 2.05) is 0 Å². The van der Waals surface area contributed by atoms with E-state index in [0.717, 1.165) is 0 Å². The first-order chi connectivity index (χ1) is 8.81. The molecule has 0 saturated carbocycles. The molecule has 0 spiro atoms. The third kappa shape index (κ3) is 4.42. The van der Waals surface area contributed by atoms with E-state index >= 15 is 0 Å². The first-order valence-corrected chi connectivity index (χ1v) is 5.83. The highest BCUT2D eigenvalue weighted by Gasteiger charge is 2.21. The number of hydrogen-bond donors (Lipinski definition) is 2. The zero-order valence-electron chi connectivity index (χ0n) is 9.78. The Morgan fingerprint density at radius 1 is 1.32 bits per heavy atom. The van der Waals surface area contributed by atoms with Crippen LogP contribution in [0.25, 0.3) is 0 Å². The number of imide groups is 1. The van der Waals surface area contributed by atoms with Crippen molar-refractivity contribution < 1.29 is 19.1 Å². The predicted molar refractivity (Wildman–Crippen MR) is 69.1 cm³/mol. The average Bonchev–Trinajstić information content (AvgIpc) is 2.31. The average molecular weight is 305 g/mol. The predicted octanol–water partition coefficient (Wildman–Crippen LogP) is 1.73. The highest BCUT2D eigenvalue weighted by Crippen LogP contribution is 2.21. The standard InChI is InChI=1S/C11H10Cl2N2O4/c1-5(9(16)15-11(14)18)19-10(17)7-4-6(12)2-3-8(7)13/h2-5H,1H3,(H3,14,15,16,18)/t5-/m1/s1. The highest BCUT2D eigenvalue weighted by molar-refractivity contribution is 6.35. The first-order valence-electron chi connectivity index (χ1n) is 5.07. The Balaban J connectivity index is 2.77. The molecular formula is C11H10Cl2N2O4. The fourth-order valence-corrected chi connectivity index (χ4v) is 1.52. The van der Waals surface area contributed by atoms with Crippen molar-refractivity contribution in [2.75, 3.05) is 0 Å². The monoisotopic (exact) mass is 304 g/mol. The number of nitrogens with two attached hydrogens (primary N) is 1. The van der Waals surface area contributed by atoms with E-state index in [1.165, 1.54) is 25.1 Å². The quantitative estimate of drug-likeness (QED) is 0.831.